The molecule has 2 aromatic rings. The summed E-state index contributed by atoms with van der Waals surface area (Å²) in [4.78, 5) is 11.3. The second kappa shape index (κ2) is 7.75. The Balaban J connectivity index is 1.79. The fraction of sp³-hybridized carbons (Fsp3) is 0.368. The number of carboxylic acid groups (broad SMARTS) is 1. The molecule has 1 aromatic heterocycles. The first-order valence-corrected chi connectivity index (χ1v) is 11.5. The number of hydrogen-bond acceptors (Lipinski definition) is 5. The molecule has 0 saturated heterocycles. The number of benzene rings is 1. The van der Waals surface area contributed by atoms with Crippen LogP contribution in [0.15, 0.2) is 34.7 Å². The maximum Gasteiger partial charge on any atom is 0.331 e. The first-order valence-electron chi connectivity index (χ1n) is 9.21. The Bertz CT molecular complexity index is 1090. The van der Waals surface area contributed by atoms with E-state index < -0.39 is 21.1 Å². The Morgan fingerprint density at radius 2 is 1.97 bits per heavy atom. The highest BCUT2D eigenvalue weighted by Crippen LogP contribution is 2.45. The largest absolute Gasteiger partial charge is 0.478 e. The number of sulfone groups is 1. The van der Waals surface area contributed by atoms with Crippen LogP contribution < -0.4 is 5.32 Å². The van der Waals surface area contributed by atoms with Crippen molar-refractivity contribution in [2.45, 2.75) is 41.9 Å². The summed E-state index contributed by atoms with van der Waals surface area (Å²) in [6.07, 6.45) is 3.62. The number of nitrogens with one attached hydrogen (secondary N) is 2. The molecule has 154 valence electrons. The molecule has 1 aliphatic carbocycles. The van der Waals surface area contributed by atoms with Gasteiger partial charge in [0.25, 0.3) is 0 Å². The summed E-state index contributed by atoms with van der Waals surface area (Å²) in [5, 5.41) is 19.2. The number of aromatic amines is 1. The zero-order valence-corrected chi connectivity index (χ0v) is 17.6. The molecule has 1 aliphatic heterocycles. The number of hydrogen-bond donors (Lipinski definition) is 3. The molecule has 2 aliphatic rings. The lowest BCUT2D eigenvalue weighted by atomic mass is 9.90. The third-order valence-corrected chi connectivity index (χ3v) is 8.53. The van der Waals surface area contributed by atoms with E-state index in [0.29, 0.717) is 37.1 Å². The molecule has 2 atom stereocenters. The zero-order chi connectivity index (χ0) is 20.8. The van der Waals surface area contributed by atoms with Crippen LogP contribution in [-0.2, 0) is 21.1 Å². The molecule has 1 aromatic carbocycles. The quantitative estimate of drug-likeness (QED) is 0.648. The van der Waals surface area contributed by atoms with E-state index in [2.05, 4.69) is 15.5 Å². The number of carbonyl (C=O) groups is 1. The van der Waals surface area contributed by atoms with Gasteiger partial charge in [-0.2, -0.15) is 5.10 Å². The first kappa shape index (κ1) is 20.4. The van der Waals surface area contributed by atoms with Gasteiger partial charge in [0.15, 0.2) is 9.84 Å². The normalized spacial score (nSPS) is 22.1. The summed E-state index contributed by atoms with van der Waals surface area (Å²) in [7, 11) is -3.88. The number of fused-ring (bicyclic) bond motifs is 1. The van der Waals surface area contributed by atoms with Crippen molar-refractivity contribution in [1.82, 2.24) is 15.5 Å². The van der Waals surface area contributed by atoms with Gasteiger partial charge in [0.05, 0.1) is 27.0 Å². The van der Waals surface area contributed by atoms with Gasteiger partial charge in [-0.05, 0) is 31.4 Å². The molecule has 3 N–H and O–H groups in total. The lowest BCUT2D eigenvalue weighted by molar-refractivity contribution is -0.133. The first-order chi connectivity index (χ1) is 13.8. The summed E-state index contributed by atoms with van der Waals surface area (Å²) >= 11 is 12.4. The molecule has 0 radical (unpaired) electrons. The molecular formula is C19H19Cl2N3O4S. The molecule has 10 heteroatoms. The molecule has 29 heavy (non-hydrogen) atoms. The van der Waals surface area contributed by atoms with Crippen LogP contribution >= 0.6 is 23.2 Å². The van der Waals surface area contributed by atoms with Crippen molar-refractivity contribution in [1.29, 1.82) is 0 Å². The lowest BCUT2D eigenvalue weighted by Gasteiger charge is -2.27. The van der Waals surface area contributed by atoms with E-state index in [1.807, 2.05) is 0 Å². The van der Waals surface area contributed by atoms with Crippen molar-refractivity contribution in [3.05, 3.63) is 56.8 Å². The van der Waals surface area contributed by atoms with E-state index in [0.717, 1.165) is 5.69 Å². The van der Waals surface area contributed by atoms with Crippen molar-refractivity contribution in [3.8, 4) is 0 Å². The minimum Gasteiger partial charge on any atom is -0.478 e. The molecule has 0 saturated carbocycles. The molecule has 7 nitrogen and oxygen atoms in total. The van der Waals surface area contributed by atoms with Gasteiger partial charge in [-0.3, -0.25) is 5.10 Å². The minimum absolute atomic E-state index is 0.0731. The second-order valence-electron chi connectivity index (χ2n) is 7.18. The van der Waals surface area contributed by atoms with Gasteiger partial charge in [-0.25, -0.2) is 13.2 Å². The van der Waals surface area contributed by atoms with Crippen LogP contribution in [-0.4, -0.2) is 36.2 Å². The SMILES string of the molecule is O=C(O)C1=CCNC(c2n[nH]c3c2C(S(=O)(=O)c2c(Cl)cccc2Cl)CCC3)C1. The van der Waals surface area contributed by atoms with E-state index in [-0.39, 0.29) is 33.0 Å². The topological polar surface area (TPSA) is 112 Å². The van der Waals surface area contributed by atoms with Crippen LogP contribution in [0.25, 0.3) is 0 Å². The summed E-state index contributed by atoms with van der Waals surface area (Å²) in [5.74, 6) is -0.979. The predicted molar refractivity (Wildman–Crippen MR) is 109 cm³/mol. The van der Waals surface area contributed by atoms with Crippen molar-refractivity contribution in [3.63, 3.8) is 0 Å². The number of aliphatic carboxylic acids is 1. The Morgan fingerprint density at radius 1 is 1.24 bits per heavy atom. The van der Waals surface area contributed by atoms with Crippen LogP contribution in [0.2, 0.25) is 10.0 Å². The highest BCUT2D eigenvalue weighted by Gasteiger charge is 2.40. The maximum atomic E-state index is 13.6. The van der Waals surface area contributed by atoms with E-state index in [4.69, 9.17) is 23.2 Å². The molecular weight excluding hydrogens is 437 g/mol. The van der Waals surface area contributed by atoms with Crippen LogP contribution in [0.4, 0.5) is 0 Å². The Labute approximate surface area is 178 Å². The lowest BCUT2D eigenvalue weighted by Crippen LogP contribution is -2.30. The van der Waals surface area contributed by atoms with Crippen molar-refractivity contribution in [2.24, 2.45) is 0 Å². The fourth-order valence-corrected chi connectivity index (χ4v) is 7.16. The average Bonchev–Trinajstić information content (AvgIpc) is 3.12. The average molecular weight is 456 g/mol. The maximum absolute atomic E-state index is 13.6. The third kappa shape index (κ3) is 3.59. The molecule has 2 unspecified atom stereocenters. The Kier molecular flexibility index (Phi) is 5.46. The predicted octanol–water partition coefficient (Wildman–Crippen LogP) is 3.61. The molecule has 0 bridgehead atoms. The van der Waals surface area contributed by atoms with Gasteiger partial charge in [-0.15, -0.1) is 0 Å². The van der Waals surface area contributed by atoms with Gasteiger partial charge >= 0.3 is 5.97 Å². The van der Waals surface area contributed by atoms with Gasteiger partial charge in [0, 0.05) is 29.8 Å². The van der Waals surface area contributed by atoms with E-state index in [9.17, 15) is 18.3 Å². The standard InChI is InChI=1S/C19H19Cl2N3O4S/c20-11-3-1-4-12(21)18(11)29(27,28)15-6-2-5-13-16(15)17(24-23-13)14-9-10(19(25)26)7-8-22-14/h1,3-4,7,14-15,22H,2,5-6,8-9H2,(H,23,24)(H,25,26). The van der Waals surface area contributed by atoms with Crippen LogP contribution in [0.1, 0.15) is 47.5 Å². The highest BCUT2D eigenvalue weighted by atomic mass is 35.5. The van der Waals surface area contributed by atoms with Gasteiger partial charge in [0.1, 0.15) is 4.90 Å². The number of carboxylic acids is 1. The van der Waals surface area contributed by atoms with E-state index >= 15 is 0 Å². The number of halogens is 2. The Hall–Kier alpha value is -1.87. The van der Waals surface area contributed by atoms with Crippen LogP contribution in [0.5, 0.6) is 0 Å². The molecule has 0 amide bonds. The van der Waals surface area contributed by atoms with Gasteiger partial charge in [-0.1, -0.05) is 35.3 Å². The number of H-pyrrole nitrogens is 1. The smallest absolute Gasteiger partial charge is 0.331 e. The minimum atomic E-state index is -3.88. The van der Waals surface area contributed by atoms with E-state index in [1.54, 1.807) is 12.1 Å². The van der Waals surface area contributed by atoms with Crippen molar-refractivity contribution >= 4 is 39.0 Å². The summed E-state index contributed by atoms with van der Waals surface area (Å²) in [6.45, 7) is 0.377. The third-order valence-electron chi connectivity index (χ3n) is 5.45. The summed E-state index contributed by atoms with van der Waals surface area (Å²) in [5.41, 5.74) is 2.20. The number of aromatic nitrogens is 2. The van der Waals surface area contributed by atoms with Crippen LogP contribution in [0.3, 0.4) is 0 Å². The Morgan fingerprint density at radius 3 is 2.66 bits per heavy atom. The molecule has 0 fully saturated rings. The highest BCUT2D eigenvalue weighted by molar-refractivity contribution is 7.92. The summed E-state index contributed by atoms with van der Waals surface area (Å²) < 4.78 is 27.1. The van der Waals surface area contributed by atoms with Gasteiger partial charge in [0.2, 0.25) is 0 Å². The number of rotatable bonds is 4. The van der Waals surface area contributed by atoms with Crippen molar-refractivity contribution in [2.75, 3.05) is 6.54 Å². The number of nitrogens with zero attached hydrogens (tertiary/aromatic N) is 1. The second-order valence-corrected chi connectivity index (χ2v) is 10.1. The summed E-state index contributed by atoms with van der Waals surface area (Å²) in [6, 6.07) is 4.23. The molecule has 4 rings (SSSR count). The van der Waals surface area contributed by atoms with Gasteiger partial charge < -0.3 is 10.4 Å². The van der Waals surface area contributed by atoms with Crippen molar-refractivity contribution < 1.29 is 18.3 Å². The molecule has 0 spiro atoms. The molecule has 2 heterocycles. The monoisotopic (exact) mass is 455 g/mol. The number of aryl methyl sites for hydroxylation is 1. The van der Waals surface area contributed by atoms with E-state index in [1.165, 1.54) is 12.1 Å². The van der Waals surface area contributed by atoms with Crippen LogP contribution in [0, 0.1) is 0 Å². The fourth-order valence-electron chi connectivity index (χ4n) is 4.10. The zero-order valence-electron chi connectivity index (χ0n) is 15.3.